The number of rotatable bonds is 7. The molecule has 1 atom stereocenters. The third kappa shape index (κ3) is 4.66. The number of hydrogen-bond acceptors (Lipinski definition) is 4. The van der Waals surface area contributed by atoms with Crippen LogP contribution in [0.15, 0.2) is 71.6 Å². The fraction of sp³-hybridized carbons (Fsp3) is 0.200. The summed E-state index contributed by atoms with van der Waals surface area (Å²) in [5.41, 5.74) is 3.26. The fourth-order valence-electron chi connectivity index (χ4n) is 4.00. The van der Waals surface area contributed by atoms with E-state index in [4.69, 9.17) is 0 Å². The summed E-state index contributed by atoms with van der Waals surface area (Å²) < 4.78 is 30.0. The largest absolute Gasteiger partial charge is 0.341 e. The van der Waals surface area contributed by atoms with E-state index < -0.39 is 22.0 Å². The summed E-state index contributed by atoms with van der Waals surface area (Å²) in [5, 5.41) is 7.49. The van der Waals surface area contributed by atoms with Crippen LogP contribution in [0.1, 0.15) is 20.8 Å². The van der Waals surface area contributed by atoms with Gasteiger partial charge in [0.15, 0.2) is 0 Å². The molecule has 1 aromatic heterocycles. The van der Waals surface area contributed by atoms with E-state index in [1.807, 2.05) is 36.4 Å². The summed E-state index contributed by atoms with van der Waals surface area (Å²) in [4.78, 5) is 23.9. The molecular weight excluding hydrogens is 452 g/mol. The first-order valence-corrected chi connectivity index (χ1v) is 12.4. The van der Waals surface area contributed by atoms with Crippen molar-refractivity contribution in [3.63, 3.8) is 0 Å². The molecule has 0 aliphatic heterocycles. The predicted molar refractivity (Wildman–Crippen MR) is 134 cm³/mol. The van der Waals surface area contributed by atoms with Crippen LogP contribution >= 0.6 is 0 Å². The van der Waals surface area contributed by atoms with E-state index in [1.54, 1.807) is 0 Å². The Kier molecular flexibility index (Phi) is 6.41. The van der Waals surface area contributed by atoms with Crippen LogP contribution in [0.3, 0.4) is 0 Å². The lowest BCUT2D eigenvalue weighted by molar-refractivity contribution is -0.117. The first-order valence-electron chi connectivity index (χ1n) is 10.9. The first kappa shape index (κ1) is 23.5. The molecule has 176 valence electrons. The molecule has 0 saturated heterocycles. The fourth-order valence-corrected chi connectivity index (χ4v) is 5.20. The number of aryl methyl sites for hydroxylation is 1. The Labute approximate surface area is 198 Å². The number of carbonyl (C=O) groups is 2. The van der Waals surface area contributed by atoms with Gasteiger partial charge in [0.2, 0.25) is 21.8 Å². The van der Waals surface area contributed by atoms with Gasteiger partial charge in [0.05, 0.1) is 10.9 Å². The normalized spacial score (nSPS) is 12.6. The molecule has 0 spiro atoms. The summed E-state index contributed by atoms with van der Waals surface area (Å²) in [6.45, 7) is 5.76. The average molecular weight is 479 g/mol. The van der Waals surface area contributed by atoms with E-state index in [1.165, 1.54) is 38.1 Å². The summed E-state index contributed by atoms with van der Waals surface area (Å²) in [6, 6.07) is 18.5. The Morgan fingerprint density at radius 1 is 0.882 bits per heavy atom. The smallest absolute Gasteiger partial charge is 0.242 e. The number of para-hydroxylation sites is 1. The highest BCUT2D eigenvalue weighted by atomic mass is 32.2. The van der Waals surface area contributed by atoms with Crippen molar-refractivity contribution in [1.82, 2.24) is 9.29 Å². The van der Waals surface area contributed by atoms with Gasteiger partial charge in [0, 0.05) is 46.6 Å². The van der Waals surface area contributed by atoms with Gasteiger partial charge in [-0.25, -0.2) is 8.42 Å². The van der Waals surface area contributed by atoms with E-state index in [0.717, 1.165) is 28.4 Å². The second-order valence-electron chi connectivity index (χ2n) is 8.03. The number of benzene rings is 3. The van der Waals surface area contributed by atoms with Gasteiger partial charge >= 0.3 is 0 Å². The van der Waals surface area contributed by atoms with Gasteiger partial charge in [-0.05, 0) is 62.4 Å². The van der Waals surface area contributed by atoms with Crippen molar-refractivity contribution in [2.45, 2.75) is 38.3 Å². The van der Waals surface area contributed by atoms with Crippen LogP contribution in [-0.2, 0) is 26.2 Å². The van der Waals surface area contributed by atoms with E-state index in [9.17, 15) is 18.0 Å². The monoisotopic (exact) mass is 478 g/mol. The lowest BCUT2D eigenvalue weighted by Crippen LogP contribution is -2.41. The number of sulfonamides is 1. The zero-order valence-corrected chi connectivity index (χ0v) is 19.9. The zero-order valence-electron chi connectivity index (χ0n) is 19.1. The molecule has 0 fully saturated rings. The maximum atomic E-state index is 12.8. The van der Waals surface area contributed by atoms with Gasteiger partial charge in [0.1, 0.15) is 0 Å². The summed E-state index contributed by atoms with van der Waals surface area (Å²) in [7, 11) is -3.93. The minimum Gasteiger partial charge on any atom is -0.341 e. The summed E-state index contributed by atoms with van der Waals surface area (Å²) in [5.74, 6) is -0.728. The van der Waals surface area contributed by atoms with Crippen LogP contribution in [0.4, 0.5) is 11.4 Å². The Hall–Kier alpha value is -3.69. The SMILES string of the molecule is CCn1c2ccccc2c2cc(NC(=O)[C@@H](C)NS(=O)(=O)c3ccc(NC(C)=O)cc3)ccc21. The first-order chi connectivity index (χ1) is 16.2. The molecule has 34 heavy (non-hydrogen) atoms. The minimum absolute atomic E-state index is 0.00459. The Morgan fingerprint density at radius 2 is 1.53 bits per heavy atom. The summed E-state index contributed by atoms with van der Waals surface area (Å²) >= 11 is 0. The predicted octanol–water partition coefficient (Wildman–Crippen LogP) is 4.08. The van der Waals surface area contributed by atoms with Crippen molar-refractivity contribution in [3.8, 4) is 0 Å². The van der Waals surface area contributed by atoms with Crippen LogP contribution in [0.5, 0.6) is 0 Å². The van der Waals surface area contributed by atoms with Gasteiger partial charge in [-0.15, -0.1) is 0 Å². The van der Waals surface area contributed by atoms with E-state index in [0.29, 0.717) is 11.4 Å². The molecule has 0 radical (unpaired) electrons. The van der Waals surface area contributed by atoms with Crippen molar-refractivity contribution >= 4 is 55.0 Å². The van der Waals surface area contributed by atoms with Crippen molar-refractivity contribution in [2.24, 2.45) is 0 Å². The Bertz CT molecular complexity index is 1490. The minimum atomic E-state index is -3.93. The van der Waals surface area contributed by atoms with E-state index >= 15 is 0 Å². The molecule has 3 N–H and O–H groups in total. The van der Waals surface area contributed by atoms with Crippen LogP contribution in [0, 0.1) is 0 Å². The number of fused-ring (bicyclic) bond motifs is 3. The maximum absolute atomic E-state index is 12.8. The van der Waals surface area contributed by atoms with E-state index in [-0.39, 0.29) is 10.8 Å². The van der Waals surface area contributed by atoms with Crippen molar-refractivity contribution in [3.05, 3.63) is 66.7 Å². The molecule has 0 bridgehead atoms. The van der Waals surface area contributed by atoms with E-state index in [2.05, 4.69) is 32.9 Å². The molecule has 0 saturated carbocycles. The second kappa shape index (κ2) is 9.28. The zero-order chi connectivity index (χ0) is 24.5. The number of anilines is 2. The van der Waals surface area contributed by atoms with Gasteiger partial charge in [-0.2, -0.15) is 4.72 Å². The molecule has 3 aromatic carbocycles. The third-order valence-corrected chi connectivity index (χ3v) is 7.12. The number of nitrogens with one attached hydrogen (secondary N) is 3. The molecular formula is C25H26N4O4S. The lowest BCUT2D eigenvalue weighted by atomic mass is 10.1. The highest BCUT2D eigenvalue weighted by Crippen LogP contribution is 2.31. The maximum Gasteiger partial charge on any atom is 0.242 e. The average Bonchev–Trinajstić information content (AvgIpc) is 3.11. The number of amides is 2. The van der Waals surface area contributed by atoms with Crippen LogP contribution in [0.25, 0.3) is 21.8 Å². The number of hydrogen-bond donors (Lipinski definition) is 3. The van der Waals surface area contributed by atoms with Crippen LogP contribution in [-0.4, -0.2) is 30.8 Å². The quantitative estimate of drug-likeness (QED) is 0.372. The number of nitrogens with zero attached hydrogens (tertiary/aromatic N) is 1. The van der Waals surface area contributed by atoms with Gasteiger partial charge in [-0.1, -0.05) is 18.2 Å². The molecule has 2 amide bonds. The molecule has 0 aliphatic rings. The van der Waals surface area contributed by atoms with Gasteiger partial charge < -0.3 is 15.2 Å². The third-order valence-electron chi connectivity index (χ3n) is 5.57. The molecule has 1 heterocycles. The van der Waals surface area contributed by atoms with Crippen molar-refractivity contribution in [2.75, 3.05) is 10.6 Å². The summed E-state index contributed by atoms with van der Waals surface area (Å²) in [6.07, 6.45) is 0. The standard InChI is InChI=1S/C25H26N4O4S/c1-4-29-23-8-6-5-7-21(23)22-15-19(11-14-24(22)29)27-25(31)16(2)28-34(32,33)20-12-9-18(10-13-20)26-17(3)30/h5-16,28H,4H2,1-3H3,(H,26,30)(H,27,31)/t16-/m1/s1. The lowest BCUT2D eigenvalue weighted by Gasteiger charge is -2.15. The van der Waals surface area contributed by atoms with Crippen LogP contribution in [0.2, 0.25) is 0 Å². The molecule has 8 nitrogen and oxygen atoms in total. The highest BCUT2D eigenvalue weighted by Gasteiger charge is 2.22. The number of aromatic nitrogens is 1. The molecule has 0 aliphatic carbocycles. The Balaban J connectivity index is 1.51. The topological polar surface area (TPSA) is 109 Å². The second-order valence-corrected chi connectivity index (χ2v) is 9.75. The van der Waals surface area contributed by atoms with Gasteiger partial charge in [-0.3, -0.25) is 9.59 Å². The molecule has 4 rings (SSSR count). The van der Waals surface area contributed by atoms with Gasteiger partial charge in [0.25, 0.3) is 0 Å². The number of carbonyl (C=O) groups excluding carboxylic acids is 2. The molecule has 9 heteroatoms. The van der Waals surface area contributed by atoms with Crippen molar-refractivity contribution < 1.29 is 18.0 Å². The van der Waals surface area contributed by atoms with Crippen LogP contribution < -0.4 is 15.4 Å². The Morgan fingerprint density at radius 3 is 2.21 bits per heavy atom. The highest BCUT2D eigenvalue weighted by molar-refractivity contribution is 7.89. The molecule has 0 unspecified atom stereocenters. The van der Waals surface area contributed by atoms with Crippen molar-refractivity contribution in [1.29, 1.82) is 0 Å². The molecule has 4 aromatic rings.